The van der Waals surface area contributed by atoms with Crippen LogP contribution in [0.5, 0.6) is 0 Å². The molecule has 2 aromatic rings. The SMILES string of the molecule is OC(Cc1ccn[nH]1)c1ccccc1. The Hall–Kier alpha value is -1.61. The number of benzene rings is 1. The number of nitrogens with zero attached hydrogens (tertiary/aromatic N) is 1. The minimum atomic E-state index is -0.461. The van der Waals surface area contributed by atoms with Gasteiger partial charge in [0.2, 0.25) is 0 Å². The highest BCUT2D eigenvalue weighted by atomic mass is 16.3. The van der Waals surface area contributed by atoms with E-state index in [1.165, 1.54) is 0 Å². The molecule has 2 N–H and O–H groups in total. The number of aliphatic hydroxyl groups is 1. The van der Waals surface area contributed by atoms with Crippen molar-refractivity contribution in [3.05, 3.63) is 53.9 Å². The second-order valence-corrected chi connectivity index (χ2v) is 3.21. The van der Waals surface area contributed by atoms with E-state index in [4.69, 9.17) is 0 Å². The van der Waals surface area contributed by atoms with E-state index in [0.717, 1.165) is 11.3 Å². The smallest absolute Gasteiger partial charge is 0.0845 e. The van der Waals surface area contributed by atoms with Crippen LogP contribution in [0, 0.1) is 0 Å². The standard InChI is InChI=1S/C11H12N2O/c14-11(8-10-6-7-12-13-10)9-4-2-1-3-5-9/h1-7,11,14H,8H2,(H,12,13). The fraction of sp³-hybridized carbons (Fsp3) is 0.182. The second-order valence-electron chi connectivity index (χ2n) is 3.21. The fourth-order valence-electron chi connectivity index (χ4n) is 1.40. The van der Waals surface area contributed by atoms with Gasteiger partial charge in [-0.05, 0) is 11.6 Å². The number of aromatic amines is 1. The van der Waals surface area contributed by atoms with Gasteiger partial charge in [-0.3, -0.25) is 5.10 Å². The van der Waals surface area contributed by atoms with Crippen molar-refractivity contribution in [1.29, 1.82) is 0 Å². The molecule has 3 nitrogen and oxygen atoms in total. The maximum atomic E-state index is 9.84. The topological polar surface area (TPSA) is 48.9 Å². The molecule has 0 spiro atoms. The summed E-state index contributed by atoms with van der Waals surface area (Å²) in [6, 6.07) is 11.5. The molecule has 0 fully saturated rings. The molecule has 72 valence electrons. The third kappa shape index (κ3) is 2.00. The Morgan fingerprint density at radius 3 is 2.64 bits per heavy atom. The van der Waals surface area contributed by atoms with E-state index >= 15 is 0 Å². The Bertz CT molecular complexity index is 369. The average molecular weight is 188 g/mol. The summed E-state index contributed by atoms with van der Waals surface area (Å²) in [7, 11) is 0. The molecule has 0 bridgehead atoms. The predicted octanol–water partition coefficient (Wildman–Crippen LogP) is 1.69. The highest BCUT2D eigenvalue weighted by Crippen LogP contribution is 2.16. The van der Waals surface area contributed by atoms with Crippen LogP contribution in [0.4, 0.5) is 0 Å². The van der Waals surface area contributed by atoms with Gasteiger partial charge >= 0.3 is 0 Å². The lowest BCUT2D eigenvalue weighted by Crippen LogP contribution is -2.01. The van der Waals surface area contributed by atoms with Crippen LogP contribution in [0.3, 0.4) is 0 Å². The first-order chi connectivity index (χ1) is 6.86. The van der Waals surface area contributed by atoms with Gasteiger partial charge in [-0.1, -0.05) is 30.3 Å². The first-order valence-electron chi connectivity index (χ1n) is 4.57. The van der Waals surface area contributed by atoms with Crippen molar-refractivity contribution in [1.82, 2.24) is 10.2 Å². The van der Waals surface area contributed by atoms with Crippen molar-refractivity contribution in [2.24, 2.45) is 0 Å². The molecule has 0 aliphatic heterocycles. The molecule has 1 atom stereocenters. The van der Waals surface area contributed by atoms with E-state index in [2.05, 4.69) is 10.2 Å². The van der Waals surface area contributed by atoms with Crippen molar-refractivity contribution in [3.8, 4) is 0 Å². The van der Waals surface area contributed by atoms with Crippen LogP contribution in [0.25, 0.3) is 0 Å². The molecule has 1 aromatic carbocycles. The van der Waals surface area contributed by atoms with Gasteiger partial charge < -0.3 is 5.11 Å². The number of H-pyrrole nitrogens is 1. The van der Waals surface area contributed by atoms with Crippen LogP contribution in [-0.4, -0.2) is 15.3 Å². The molecule has 0 saturated heterocycles. The Labute approximate surface area is 82.4 Å². The fourth-order valence-corrected chi connectivity index (χ4v) is 1.40. The van der Waals surface area contributed by atoms with Crippen LogP contribution >= 0.6 is 0 Å². The average Bonchev–Trinajstić information content (AvgIpc) is 2.72. The normalized spacial score (nSPS) is 12.6. The summed E-state index contributed by atoms with van der Waals surface area (Å²) >= 11 is 0. The van der Waals surface area contributed by atoms with Crippen molar-refractivity contribution < 1.29 is 5.11 Å². The van der Waals surface area contributed by atoms with Gasteiger partial charge in [0.05, 0.1) is 6.10 Å². The summed E-state index contributed by atoms with van der Waals surface area (Å²) in [5, 5.41) is 16.5. The van der Waals surface area contributed by atoms with E-state index in [9.17, 15) is 5.11 Å². The van der Waals surface area contributed by atoms with Gasteiger partial charge in [-0.2, -0.15) is 5.10 Å². The van der Waals surface area contributed by atoms with E-state index in [0.29, 0.717) is 6.42 Å². The lowest BCUT2D eigenvalue weighted by molar-refractivity contribution is 0.177. The van der Waals surface area contributed by atoms with E-state index in [-0.39, 0.29) is 0 Å². The van der Waals surface area contributed by atoms with Crippen molar-refractivity contribution >= 4 is 0 Å². The highest BCUT2D eigenvalue weighted by molar-refractivity contribution is 5.18. The zero-order valence-corrected chi connectivity index (χ0v) is 7.72. The quantitative estimate of drug-likeness (QED) is 0.770. The molecule has 3 heteroatoms. The van der Waals surface area contributed by atoms with Crippen LogP contribution < -0.4 is 0 Å². The van der Waals surface area contributed by atoms with Gasteiger partial charge in [0.1, 0.15) is 0 Å². The number of hydrogen-bond donors (Lipinski definition) is 2. The lowest BCUT2D eigenvalue weighted by Gasteiger charge is -2.08. The van der Waals surface area contributed by atoms with Gasteiger partial charge in [0, 0.05) is 18.3 Å². The summed E-state index contributed by atoms with van der Waals surface area (Å²) in [5.74, 6) is 0. The first kappa shape index (κ1) is 8.97. The van der Waals surface area contributed by atoms with Crippen LogP contribution in [0.15, 0.2) is 42.6 Å². The zero-order chi connectivity index (χ0) is 9.80. The van der Waals surface area contributed by atoms with Gasteiger partial charge in [0.25, 0.3) is 0 Å². The molecule has 0 radical (unpaired) electrons. The summed E-state index contributed by atoms with van der Waals surface area (Å²) in [6.07, 6.45) is 1.80. The summed E-state index contributed by atoms with van der Waals surface area (Å²) in [4.78, 5) is 0. The minimum Gasteiger partial charge on any atom is -0.388 e. The molecule has 14 heavy (non-hydrogen) atoms. The van der Waals surface area contributed by atoms with Crippen molar-refractivity contribution in [3.63, 3.8) is 0 Å². The van der Waals surface area contributed by atoms with Crippen LogP contribution in [-0.2, 0) is 6.42 Å². The Kier molecular flexibility index (Phi) is 2.60. The summed E-state index contributed by atoms with van der Waals surface area (Å²) in [6.45, 7) is 0. The van der Waals surface area contributed by atoms with Crippen molar-refractivity contribution in [2.75, 3.05) is 0 Å². The third-order valence-corrected chi connectivity index (χ3v) is 2.16. The molecular weight excluding hydrogens is 176 g/mol. The molecule has 0 saturated carbocycles. The number of hydrogen-bond acceptors (Lipinski definition) is 2. The number of aliphatic hydroxyl groups excluding tert-OH is 1. The van der Waals surface area contributed by atoms with E-state index in [1.54, 1.807) is 6.20 Å². The third-order valence-electron chi connectivity index (χ3n) is 2.16. The minimum absolute atomic E-state index is 0.461. The van der Waals surface area contributed by atoms with Crippen LogP contribution in [0.1, 0.15) is 17.4 Å². The maximum absolute atomic E-state index is 9.84. The van der Waals surface area contributed by atoms with Gasteiger partial charge in [0.15, 0.2) is 0 Å². The Morgan fingerprint density at radius 1 is 1.21 bits per heavy atom. The van der Waals surface area contributed by atoms with E-state index < -0.39 is 6.10 Å². The molecular formula is C11H12N2O. The Balaban J connectivity index is 2.07. The summed E-state index contributed by atoms with van der Waals surface area (Å²) in [5.41, 5.74) is 1.88. The van der Waals surface area contributed by atoms with Gasteiger partial charge in [-0.25, -0.2) is 0 Å². The molecule has 1 heterocycles. The number of rotatable bonds is 3. The highest BCUT2D eigenvalue weighted by Gasteiger charge is 2.07. The molecule has 0 aliphatic rings. The number of aromatic nitrogens is 2. The number of nitrogens with one attached hydrogen (secondary N) is 1. The second kappa shape index (κ2) is 4.07. The van der Waals surface area contributed by atoms with Crippen LogP contribution in [0.2, 0.25) is 0 Å². The first-order valence-corrected chi connectivity index (χ1v) is 4.57. The largest absolute Gasteiger partial charge is 0.388 e. The maximum Gasteiger partial charge on any atom is 0.0845 e. The van der Waals surface area contributed by atoms with Crippen molar-refractivity contribution in [2.45, 2.75) is 12.5 Å². The molecule has 0 amide bonds. The molecule has 0 aliphatic carbocycles. The Morgan fingerprint density at radius 2 is 2.00 bits per heavy atom. The molecule has 1 unspecified atom stereocenters. The lowest BCUT2D eigenvalue weighted by atomic mass is 10.1. The van der Waals surface area contributed by atoms with Gasteiger partial charge in [-0.15, -0.1) is 0 Å². The van der Waals surface area contributed by atoms with E-state index in [1.807, 2.05) is 36.4 Å². The molecule has 1 aromatic heterocycles. The summed E-state index contributed by atoms with van der Waals surface area (Å²) < 4.78 is 0. The molecule has 2 rings (SSSR count). The zero-order valence-electron chi connectivity index (χ0n) is 7.72. The monoisotopic (exact) mass is 188 g/mol. The predicted molar refractivity (Wildman–Crippen MR) is 53.7 cm³/mol.